The van der Waals surface area contributed by atoms with Crippen LogP contribution in [0.5, 0.6) is 5.75 Å². The Morgan fingerprint density at radius 1 is 1.18 bits per heavy atom. The predicted octanol–water partition coefficient (Wildman–Crippen LogP) is 2.37. The number of nitrogens with zero attached hydrogens (tertiary/aromatic N) is 3. The summed E-state index contributed by atoms with van der Waals surface area (Å²) in [5.41, 5.74) is 7.56. The zero-order valence-corrected chi connectivity index (χ0v) is 18.3. The van der Waals surface area contributed by atoms with Crippen LogP contribution in [0.4, 0.5) is 4.39 Å². The lowest BCUT2D eigenvalue weighted by Gasteiger charge is -2.31. The van der Waals surface area contributed by atoms with Gasteiger partial charge in [0.05, 0.1) is 24.9 Å². The smallest absolute Gasteiger partial charge is 0.255 e. The quantitative estimate of drug-likeness (QED) is 0.574. The summed E-state index contributed by atoms with van der Waals surface area (Å²) >= 11 is 0. The second-order valence-corrected chi connectivity index (χ2v) is 8.03. The van der Waals surface area contributed by atoms with E-state index >= 15 is 0 Å². The van der Waals surface area contributed by atoms with Gasteiger partial charge in [0.25, 0.3) is 5.91 Å². The molecule has 1 aliphatic heterocycles. The van der Waals surface area contributed by atoms with E-state index in [1.165, 1.54) is 12.1 Å². The van der Waals surface area contributed by atoms with Crippen LogP contribution in [0.25, 0.3) is 16.9 Å². The molecule has 0 saturated carbocycles. The fraction of sp³-hybridized carbons (Fsp3) is 0.292. The van der Waals surface area contributed by atoms with E-state index in [9.17, 15) is 14.0 Å². The number of amides is 2. The lowest BCUT2D eigenvalue weighted by atomic mass is 10.0. The minimum absolute atomic E-state index is 0.0195. The number of hydrogen-bond donors (Lipinski definition) is 2. The molecule has 3 aromatic rings. The highest BCUT2D eigenvalue weighted by molar-refractivity contribution is 6.00. The van der Waals surface area contributed by atoms with E-state index in [2.05, 4.69) is 10.4 Å². The number of piperidine rings is 1. The number of nitrogens with one attached hydrogen (secondary N) is 1. The minimum Gasteiger partial charge on any atom is -0.497 e. The molecule has 0 radical (unpaired) electrons. The molecule has 8 nitrogen and oxygen atoms in total. The number of benzene rings is 2. The molecule has 0 unspecified atom stereocenters. The Kier molecular flexibility index (Phi) is 6.69. The average molecular weight is 452 g/mol. The lowest BCUT2D eigenvalue weighted by Crippen LogP contribution is -2.46. The number of likely N-dealkylation sites (tertiary alicyclic amines) is 1. The lowest BCUT2D eigenvalue weighted by molar-refractivity contribution is -0.119. The van der Waals surface area contributed by atoms with E-state index in [4.69, 9.17) is 10.5 Å². The zero-order chi connectivity index (χ0) is 23.4. The van der Waals surface area contributed by atoms with Gasteiger partial charge in [-0.05, 0) is 49.2 Å². The van der Waals surface area contributed by atoms with E-state index in [0.717, 1.165) is 18.4 Å². The summed E-state index contributed by atoms with van der Waals surface area (Å²) in [6, 6.07) is 13.2. The Hall–Kier alpha value is -3.72. The number of halogens is 1. The van der Waals surface area contributed by atoms with Gasteiger partial charge >= 0.3 is 0 Å². The van der Waals surface area contributed by atoms with Gasteiger partial charge in [-0.15, -0.1) is 0 Å². The van der Waals surface area contributed by atoms with Crippen molar-refractivity contribution >= 4 is 11.8 Å². The van der Waals surface area contributed by atoms with Gasteiger partial charge in [-0.2, -0.15) is 5.10 Å². The van der Waals surface area contributed by atoms with Crippen molar-refractivity contribution in [3.05, 3.63) is 66.1 Å². The maximum atomic E-state index is 13.4. The summed E-state index contributed by atoms with van der Waals surface area (Å²) in [5, 5.41) is 7.73. The molecule has 172 valence electrons. The van der Waals surface area contributed by atoms with Crippen LogP contribution in [0.2, 0.25) is 0 Å². The first-order chi connectivity index (χ1) is 15.9. The minimum atomic E-state index is -0.353. The zero-order valence-electron chi connectivity index (χ0n) is 18.3. The van der Waals surface area contributed by atoms with E-state index < -0.39 is 0 Å². The van der Waals surface area contributed by atoms with Crippen LogP contribution in [-0.2, 0) is 4.79 Å². The predicted molar refractivity (Wildman–Crippen MR) is 122 cm³/mol. The Bertz CT molecular complexity index is 1140. The van der Waals surface area contributed by atoms with Gasteiger partial charge in [-0.3, -0.25) is 14.5 Å². The highest BCUT2D eigenvalue weighted by Crippen LogP contribution is 2.27. The molecule has 0 bridgehead atoms. The molecule has 1 saturated heterocycles. The maximum absolute atomic E-state index is 13.4. The number of methoxy groups -OCH3 is 1. The Balaban J connectivity index is 1.59. The fourth-order valence-corrected chi connectivity index (χ4v) is 3.97. The molecule has 1 aromatic heterocycles. The van der Waals surface area contributed by atoms with Crippen molar-refractivity contribution < 1.29 is 18.7 Å². The van der Waals surface area contributed by atoms with Crippen LogP contribution >= 0.6 is 0 Å². The number of carbonyl (C=O) groups is 2. The molecule has 0 aliphatic carbocycles. The monoisotopic (exact) mass is 451 g/mol. The third-order valence-electron chi connectivity index (χ3n) is 5.70. The van der Waals surface area contributed by atoms with Gasteiger partial charge in [0.2, 0.25) is 5.91 Å². The van der Waals surface area contributed by atoms with Crippen LogP contribution in [0.1, 0.15) is 23.2 Å². The summed E-state index contributed by atoms with van der Waals surface area (Å²) in [6.45, 7) is 1.60. The molecule has 3 N–H and O–H groups in total. The number of rotatable bonds is 7. The van der Waals surface area contributed by atoms with Crippen molar-refractivity contribution in [2.24, 2.45) is 5.73 Å². The number of hydrogen-bond acceptors (Lipinski definition) is 5. The topological polar surface area (TPSA) is 102 Å². The Morgan fingerprint density at radius 2 is 1.91 bits per heavy atom. The van der Waals surface area contributed by atoms with E-state index in [-0.39, 0.29) is 30.2 Å². The number of nitrogens with two attached hydrogens (primary N) is 1. The van der Waals surface area contributed by atoms with Crippen LogP contribution < -0.4 is 15.8 Å². The summed E-state index contributed by atoms with van der Waals surface area (Å²) in [5.74, 6) is -0.292. The molecule has 9 heteroatoms. The van der Waals surface area contributed by atoms with Crippen LogP contribution in [0.3, 0.4) is 0 Å². The van der Waals surface area contributed by atoms with E-state index in [1.807, 2.05) is 29.2 Å². The van der Waals surface area contributed by atoms with Crippen molar-refractivity contribution in [2.45, 2.75) is 18.9 Å². The largest absolute Gasteiger partial charge is 0.497 e. The number of aromatic nitrogens is 2. The van der Waals surface area contributed by atoms with Crippen molar-refractivity contribution in [1.82, 2.24) is 20.0 Å². The molecule has 1 fully saturated rings. The number of carbonyl (C=O) groups excluding carboxylic acids is 2. The van der Waals surface area contributed by atoms with Crippen molar-refractivity contribution in [3.8, 4) is 22.7 Å². The average Bonchev–Trinajstić information content (AvgIpc) is 3.26. The van der Waals surface area contributed by atoms with Crippen LogP contribution in [-0.4, -0.2) is 59.3 Å². The third-order valence-corrected chi connectivity index (χ3v) is 5.70. The summed E-state index contributed by atoms with van der Waals surface area (Å²) in [4.78, 5) is 26.4. The summed E-state index contributed by atoms with van der Waals surface area (Å²) in [6.07, 6.45) is 3.10. The third kappa shape index (κ3) is 5.38. The first-order valence-electron chi connectivity index (χ1n) is 10.7. The van der Waals surface area contributed by atoms with E-state index in [0.29, 0.717) is 35.8 Å². The van der Waals surface area contributed by atoms with Gasteiger partial charge in [-0.25, -0.2) is 9.07 Å². The first kappa shape index (κ1) is 22.5. The van der Waals surface area contributed by atoms with Crippen molar-refractivity contribution in [2.75, 3.05) is 26.7 Å². The Labute approximate surface area is 191 Å². The molecule has 2 aromatic carbocycles. The van der Waals surface area contributed by atoms with Gasteiger partial charge in [0.15, 0.2) is 0 Å². The molecule has 0 atom stereocenters. The number of ether oxygens (including phenoxy) is 1. The van der Waals surface area contributed by atoms with Crippen molar-refractivity contribution in [3.63, 3.8) is 0 Å². The first-order valence-corrected chi connectivity index (χ1v) is 10.7. The van der Waals surface area contributed by atoms with Crippen LogP contribution in [0.15, 0.2) is 54.7 Å². The maximum Gasteiger partial charge on any atom is 0.255 e. The SMILES string of the molecule is COc1cccc(-c2nn(-c3ccc(F)cc3)cc2C(=O)NC2CCN(CC(N)=O)CC2)c1. The molecule has 2 heterocycles. The summed E-state index contributed by atoms with van der Waals surface area (Å²) in [7, 11) is 1.58. The van der Waals surface area contributed by atoms with E-state index in [1.54, 1.807) is 30.1 Å². The molecule has 0 spiro atoms. The van der Waals surface area contributed by atoms with Gasteiger partial charge in [-0.1, -0.05) is 12.1 Å². The van der Waals surface area contributed by atoms with Gasteiger partial charge < -0.3 is 15.8 Å². The molecule has 1 aliphatic rings. The number of primary amides is 1. The van der Waals surface area contributed by atoms with Crippen molar-refractivity contribution in [1.29, 1.82) is 0 Å². The Morgan fingerprint density at radius 3 is 2.58 bits per heavy atom. The molecule has 4 rings (SSSR count). The van der Waals surface area contributed by atoms with Gasteiger partial charge in [0, 0.05) is 30.9 Å². The normalized spacial score (nSPS) is 14.7. The second kappa shape index (κ2) is 9.83. The molecule has 2 amide bonds. The summed E-state index contributed by atoms with van der Waals surface area (Å²) < 4.78 is 20.3. The van der Waals surface area contributed by atoms with Crippen LogP contribution in [0, 0.1) is 5.82 Å². The standard InChI is InChI=1S/C24H26FN5O3/c1-33-20-4-2-3-16(13-20)23-21(14-30(28-23)19-7-5-17(25)6-8-19)24(32)27-18-9-11-29(12-10-18)15-22(26)31/h2-8,13-14,18H,9-12,15H2,1H3,(H2,26,31)(H,27,32). The molecular formula is C24H26FN5O3. The fourth-order valence-electron chi connectivity index (χ4n) is 3.97. The molecular weight excluding hydrogens is 425 g/mol. The second-order valence-electron chi connectivity index (χ2n) is 8.03. The highest BCUT2D eigenvalue weighted by Gasteiger charge is 2.25. The highest BCUT2D eigenvalue weighted by atomic mass is 19.1. The molecule has 33 heavy (non-hydrogen) atoms. The van der Waals surface area contributed by atoms with Gasteiger partial charge in [0.1, 0.15) is 17.3 Å².